The molecule has 0 atom stereocenters. The number of anilines is 1. The molecule has 4 aromatic rings. The second-order valence-corrected chi connectivity index (χ2v) is 8.02. The Morgan fingerprint density at radius 2 is 2.00 bits per heavy atom. The van der Waals surface area contributed by atoms with Gasteiger partial charge in [-0.2, -0.15) is 0 Å². The molecular weight excluding hydrogens is 414 g/mol. The number of fused-ring (bicyclic) bond motifs is 1. The molecular formula is C22H21N5O3S. The van der Waals surface area contributed by atoms with Gasteiger partial charge in [-0.3, -0.25) is 4.79 Å². The van der Waals surface area contributed by atoms with E-state index in [9.17, 15) is 9.59 Å². The number of methoxy groups -OCH3 is 1. The van der Waals surface area contributed by atoms with E-state index in [2.05, 4.69) is 21.5 Å². The van der Waals surface area contributed by atoms with Crippen LogP contribution in [0, 0.1) is 13.8 Å². The van der Waals surface area contributed by atoms with Crippen LogP contribution in [0.1, 0.15) is 11.1 Å². The highest BCUT2D eigenvalue weighted by Gasteiger charge is 2.16. The molecule has 9 heteroatoms. The Bertz CT molecular complexity index is 1330. The molecule has 1 N–H and O–H groups in total. The molecule has 0 spiro atoms. The van der Waals surface area contributed by atoms with Crippen molar-refractivity contribution in [2.45, 2.75) is 30.3 Å². The summed E-state index contributed by atoms with van der Waals surface area (Å²) in [6, 6.07) is 13.2. The fourth-order valence-corrected chi connectivity index (χ4v) is 4.10. The van der Waals surface area contributed by atoms with Gasteiger partial charge in [-0.25, -0.2) is 18.9 Å². The molecule has 0 aliphatic carbocycles. The minimum Gasteiger partial charge on any atom is -0.495 e. The zero-order valence-corrected chi connectivity index (χ0v) is 18.1. The lowest BCUT2D eigenvalue weighted by Crippen LogP contribution is -2.28. The monoisotopic (exact) mass is 435 g/mol. The molecule has 0 unspecified atom stereocenters. The maximum absolute atomic E-state index is 12.8. The Labute approximate surface area is 182 Å². The van der Waals surface area contributed by atoms with Crippen molar-refractivity contribution in [3.8, 4) is 5.75 Å². The van der Waals surface area contributed by atoms with Crippen LogP contribution < -0.4 is 15.7 Å². The summed E-state index contributed by atoms with van der Waals surface area (Å²) in [5.74, 6) is 0.154. The molecule has 1 amide bonds. The molecule has 0 bridgehead atoms. The van der Waals surface area contributed by atoms with Gasteiger partial charge in [0.25, 0.3) is 0 Å². The van der Waals surface area contributed by atoms with E-state index in [-0.39, 0.29) is 12.5 Å². The third-order valence-corrected chi connectivity index (χ3v) is 5.84. The van der Waals surface area contributed by atoms with Gasteiger partial charge in [0, 0.05) is 17.3 Å². The van der Waals surface area contributed by atoms with Crippen molar-refractivity contribution in [1.82, 2.24) is 19.2 Å². The van der Waals surface area contributed by atoms with E-state index < -0.39 is 5.69 Å². The Hall–Kier alpha value is -3.59. The van der Waals surface area contributed by atoms with Crippen LogP contribution in [0.25, 0.3) is 5.65 Å². The molecule has 0 fully saturated rings. The Morgan fingerprint density at radius 3 is 2.77 bits per heavy atom. The summed E-state index contributed by atoms with van der Waals surface area (Å²) in [6.45, 7) is 3.84. The number of hydrogen-bond donors (Lipinski definition) is 1. The van der Waals surface area contributed by atoms with Gasteiger partial charge in [0.15, 0.2) is 5.65 Å². The maximum atomic E-state index is 12.8. The summed E-state index contributed by atoms with van der Waals surface area (Å²) in [5, 5.41) is 7.72. The topological polar surface area (TPSA) is 90.5 Å². The molecule has 4 rings (SSSR count). The third-order valence-electron chi connectivity index (χ3n) is 4.68. The lowest BCUT2D eigenvalue weighted by Gasteiger charge is -2.09. The zero-order chi connectivity index (χ0) is 22.0. The summed E-state index contributed by atoms with van der Waals surface area (Å²) < 4.78 is 7.77. The molecule has 0 aliphatic heterocycles. The van der Waals surface area contributed by atoms with Crippen molar-refractivity contribution < 1.29 is 9.53 Å². The van der Waals surface area contributed by atoms with Gasteiger partial charge in [0.1, 0.15) is 17.3 Å². The molecule has 2 aromatic carbocycles. The smallest absolute Gasteiger partial charge is 0.350 e. The quantitative estimate of drug-likeness (QED) is 0.500. The van der Waals surface area contributed by atoms with Gasteiger partial charge in [0.05, 0.1) is 12.8 Å². The Balaban J connectivity index is 1.61. The Morgan fingerprint density at radius 1 is 1.19 bits per heavy atom. The fraction of sp³-hybridized carbons (Fsp3) is 0.182. The van der Waals surface area contributed by atoms with Gasteiger partial charge in [-0.15, -0.1) is 5.10 Å². The first kappa shape index (κ1) is 20.7. The number of para-hydroxylation sites is 2. The summed E-state index contributed by atoms with van der Waals surface area (Å²) in [6.07, 6.45) is 3.10. The minimum atomic E-state index is -0.407. The highest BCUT2D eigenvalue weighted by Crippen LogP contribution is 2.31. The highest BCUT2D eigenvalue weighted by atomic mass is 32.2. The van der Waals surface area contributed by atoms with Gasteiger partial charge in [-0.1, -0.05) is 41.6 Å². The fourth-order valence-electron chi connectivity index (χ4n) is 3.19. The number of ether oxygens (including phenoxy) is 1. The van der Waals surface area contributed by atoms with Crippen LogP contribution in [0.15, 0.2) is 69.6 Å². The first-order valence-corrected chi connectivity index (χ1v) is 10.4. The standard InChI is InChI=1S/C22H21N5O3S/c1-14-8-9-18(15(2)12-14)31-21-20-25-27(22(29)26(20)11-10-23-21)13-19(28)24-16-6-4-5-7-17(16)30-3/h4-12H,13H2,1-3H3,(H,24,28). The van der Waals surface area contributed by atoms with Crippen LogP contribution in [0.5, 0.6) is 5.75 Å². The molecule has 8 nitrogen and oxygen atoms in total. The number of carbonyl (C=O) groups is 1. The molecule has 31 heavy (non-hydrogen) atoms. The Kier molecular flexibility index (Phi) is 5.77. The van der Waals surface area contributed by atoms with E-state index in [0.29, 0.717) is 22.1 Å². The lowest BCUT2D eigenvalue weighted by molar-refractivity contribution is -0.117. The zero-order valence-electron chi connectivity index (χ0n) is 17.3. The molecule has 0 saturated heterocycles. The van der Waals surface area contributed by atoms with E-state index >= 15 is 0 Å². The van der Waals surface area contributed by atoms with Crippen molar-refractivity contribution in [3.05, 3.63) is 76.5 Å². The average molecular weight is 436 g/mol. The van der Waals surface area contributed by atoms with Crippen LogP contribution in [-0.2, 0) is 11.3 Å². The number of nitrogens with zero attached hydrogens (tertiary/aromatic N) is 4. The second-order valence-electron chi connectivity index (χ2n) is 6.99. The van der Waals surface area contributed by atoms with Gasteiger partial charge >= 0.3 is 5.69 Å². The SMILES string of the molecule is COc1ccccc1NC(=O)Cn1nc2c(Sc3ccc(C)cc3C)nccn2c1=O. The average Bonchev–Trinajstić information content (AvgIpc) is 3.07. The number of aryl methyl sites for hydroxylation is 2. The first-order chi connectivity index (χ1) is 15.0. The van der Waals surface area contributed by atoms with Gasteiger partial charge in [0.2, 0.25) is 5.91 Å². The van der Waals surface area contributed by atoms with Crippen molar-refractivity contribution in [2.75, 3.05) is 12.4 Å². The second kappa shape index (κ2) is 8.65. The number of amides is 1. The summed E-state index contributed by atoms with van der Waals surface area (Å²) in [4.78, 5) is 30.7. The van der Waals surface area contributed by atoms with E-state index in [1.54, 1.807) is 30.6 Å². The predicted octanol–water partition coefficient (Wildman–Crippen LogP) is 3.31. The molecule has 0 aliphatic rings. The third kappa shape index (κ3) is 4.31. The first-order valence-electron chi connectivity index (χ1n) is 9.58. The molecule has 0 radical (unpaired) electrons. The number of hydrogen-bond acceptors (Lipinski definition) is 6. The number of nitrogens with one attached hydrogen (secondary N) is 1. The van der Waals surface area contributed by atoms with Crippen LogP contribution in [-0.4, -0.2) is 32.2 Å². The molecule has 2 heterocycles. The van der Waals surface area contributed by atoms with Gasteiger partial charge < -0.3 is 10.1 Å². The number of rotatable bonds is 6. The van der Waals surface area contributed by atoms with Gasteiger partial charge in [-0.05, 0) is 37.6 Å². The van der Waals surface area contributed by atoms with Crippen molar-refractivity contribution in [1.29, 1.82) is 0 Å². The number of benzene rings is 2. The molecule has 2 aromatic heterocycles. The highest BCUT2D eigenvalue weighted by molar-refractivity contribution is 7.99. The lowest BCUT2D eigenvalue weighted by atomic mass is 10.2. The maximum Gasteiger partial charge on any atom is 0.350 e. The van der Waals surface area contributed by atoms with E-state index in [1.807, 2.05) is 32.0 Å². The van der Waals surface area contributed by atoms with Crippen molar-refractivity contribution in [2.24, 2.45) is 0 Å². The van der Waals surface area contributed by atoms with Crippen LogP contribution in [0.4, 0.5) is 5.69 Å². The van der Waals surface area contributed by atoms with E-state index in [4.69, 9.17) is 4.74 Å². The normalized spacial score (nSPS) is 10.9. The van der Waals surface area contributed by atoms with Crippen LogP contribution >= 0.6 is 11.8 Å². The number of carbonyl (C=O) groups excluding carboxylic acids is 1. The van der Waals surface area contributed by atoms with Crippen LogP contribution in [0.2, 0.25) is 0 Å². The predicted molar refractivity (Wildman–Crippen MR) is 119 cm³/mol. The summed E-state index contributed by atoms with van der Waals surface area (Å²) in [7, 11) is 1.53. The van der Waals surface area contributed by atoms with E-state index in [0.717, 1.165) is 15.1 Å². The van der Waals surface area contributed by atoms with E-state index in [1.165, 1.54) is 28.8 Å². The largest absolute Gasteiger partial charge is 0.495 e. The summed E-state index contributed by atoms with van der Waals surface area (Å²) >= 11 is 1.44. The molecule has 0 saturated carbocycles. The number of aromatic nitrogens is 4. The van der Waals surface area contributed by atoms with Crippen molar-refractivity contribution in [3.63, 3.8) is 0 Å². The van der Waals surface area contributed by atoms with Crippen molar-refractivity contribution >= 4 is 29.0 Å². The summed E-state index contributed by atoms with van der Waals surface area (Å²) in [5.41, 5.74) is 2.82. The molecule has 158 valence electrons. The van der Waals surface area contributed by atoms with Crippen LogP contribution in [0.3, 0.4) is 0 Å². The minimum absolute atomic E-state index is 0.230.